The summed E-state index contributed by atoms with van der Waals surface area (Å²) in [7, 11) is 0. The highest BCUT2D eigenvalue weighted by Gasteiger charge is 2.35. The molecule has 1 aromatic heterocycles. The number of hydrogen-bond donors (Lipinski definition) is 2. The molecule has 0 amide bonds. The number of alkyl halides is 3. The van der Waals surface area contributed by atoms with Gasteiger partial charge in [-0.1, -0.05) is 19.9 Å². The number of aryl methyl sites for hydroxylation is 1. The Hall–Kier alpha value is -2.61. The highest BCUT2D eigenvalue weighted by atomic mass is 19.4. The second kappa shape index (κ2) is 8.41. The predicted molar refractivity (Wildman–Crippen MR) is 104 cm³/mol. The number of aromatic nitrogens is 1. The summed E-state index contributed by atoms with van der Waals surface area (Å²) in [5.41, 5.74) is 4.72. The maximum Gasteiger partial charge on any atom is 0.419 e. The van der Waals surface area contributed by atoms with E-state index in [-0.39, 0.29) is 40.7 Å². The van der Waals surface area contributed by atoms with Gasteiger partial charge in [-0.3, -0.25) is 4.98 Å². The Morgan fingerprint density at radius 1 is 1.28 bits per heavy atom. The van der Waals surface area contributed by atoms with Crippen molar-refractivity contribution in [1.29, 1.82) is 0 Å². The third kappa shape index (κ3) is 5.69. The molecule has 2 aromatic rings. The minimum atomic E-state index is -4.68. The zero-order chi connectivity index (χ0) is 22.0. The van der Waals surface area contributed by atoms with Crippen molar-refractivity contribution in [3.63, 3.8) is 0 Å². The van der Waals surface area contributed by atoms with E-state index in [2.05, 4.69) is 4.98 Å². The standard InChI is InChI=1S/C21H25F3N2O3/c1-12(2)10-20(4,25)11-29-17-6-5-14(9-16(17)21(22,23)24)15-7-8-26-13(3)18(15)19(27)28/h5-9,12H,10-11,25H2,1-4H3,(H,27,28). The van der Waals surface area contributed by atoms with Crippen molar-refractivity contribution in [2.45, 2.75) is 45.8 Å². The highest BCUT2D eigenvalue weighted by molar-refractivity contribution is 5.97. The molecule has 0 radical (unpaired) electrons. The molecular weight excluding hydrogens is 385 g/mol. The summed E-state index contributed by atoms with van der Waals surface area (Å²) in [6.45, 7) is 7.08. The minimum Gasteiger partial charge on any atom is -0.491 e. The smallest absolute Gasteiger partial charge is 0.419 e. The van der Waals surface area contributed by atoms with Gasteiger partial charge in [0.05, 0.1) is 16.8 Å². The Kier molecular flexibility index (Phi) is 6.57. The highest BCUT2D eigenvalue weighted by Crippen LogP contribution is 2.40. The number of pyridine rings is 1. The van der Waals surface area contributed by atoms with E-state index in [1.807, 2.05) is 13.8 Å². The molecule has 0 saturated heterocycles. The molecule has 1 atom stereocenters. The van der Waals surface area contributed by atoms with Crippen LogP contribution in [-0.2, 0) is 6.18 Å². The lowest BCUT2D eigenvalue weighted by Crippen LogP contribution is -2.43. The zero-order valence-electron chi connectivity index (χ0n) is 16.8. The van der Waals surface area contributed by atoms with Crippen LogP contribution >= 0.6 is 0 Å². The zero-order valence-corrected chi connectivity index (χ0v) is 16.8. The van der Waals surface area contributed by atoms with Crippen molar-refractivity contribution in [2.24, 2.45) is 11.7 Å². The van der Waals surface area contributed by atoms with E-state index >= 15 is 0 Å². The fraction of sp³-hybridized carbons (Fsp3) is 0.429. The van der Waals surface area contributed by atoms with Gasteiger partial charge in [-0.2, -0.15) is 13.2 Å². The quantitative estimate of drug-likeness (QED) is 0.677. The molecule has 0 bridgehead atoms. The molecule has 1 heterocycles. The second-order valence-electron chi connectivity index (χ2n) is 7.87. The topological polar surface area (TPSA) is 85.4 Å². The third-order valence-electron chi connectivity index (χ3n) is 4.38. The van der Waals surface area contributed by atoms with Gasteiger partial charge in [0.2, 0.25) is 0 Å². The molecule has 5 nitrogen and oxygen atoms in total. The first-order chi connectivity index (χ1) is 13.3. The number of carbonyl (C=O) groups is 1. The number of carboxylic acids is 1. The van der Waals surface area contributed by atoms with E-state index < -0.39 is 23.2 Å². The van der Waals surface area contributed by atoms with Crippen molar-refractivity contribution in [3.05, 3.63) is 47.3 Å². The molecule has 0 spiro atoms. The van der Waals surface area contributed by atoms with Gasteiger partial charge in [-0.05, 0) is 55.5 Å². The van der Waals surface area contributed by atoms with Crippen LogP contribution in [0.1, 0.15) is 48.8 Å². The molecule has 2 rings (SSSR count). The number of benzene rings is 1. The maximum atomic E-state index is 13.7. The molecule has 29 heavy (non-hydrogen) atoms. The van der Waals surface area contributed by atoms with Crippen LogP contribution in [0, 0.1) is 12.8 Å². The number of hydrogen-bond acceptors (Lipinski definition) is 4. The van der Waals surface area contributed by atoms with Crippen LogP contribution in [-0.4, -0.2) is 28.2 Å². The van der Waals surface area contributed by atoms with E-state index in [9.17, 15) is 23.1 Å². The molecule has 0 saturated carbocycles. The van der Waals surface area contributed by atoms with Crippen LogP contribution in [0.3, 0.4) is 0 Å². The van der Waals surface area contributed by atoms with E-state index in [0.29, 0.717) is 6.42 Å². The summed E-state index contributed by atoms with van der Waals surface area (Å²) in [5.74, 6) is -1.33. The van der Waals surface area contributed by atoms with E-state index in [1.54, 1.807) is 6.92 Å². The maximum absolute atomic E-state index is 13.7. The summed E-state index contributed by atoms with van der Waals surface area (Å²) in [6, 6.07) is 4.88. The van der Waals surface area contributed by atoms with E-state index in [0.717, 1.165) is 6.07 Å². The summed E-state index contributed by atoms with van der Waals surface area (Å²) in [4.78, 5) is 15.5. The van der Waals surface area contributed by atoms with Crippen LogP contribution in [0.15, 0.2) is 30.5 Å². The normalized spacial score (nSPS) is 14.0. The van der Waals surface area contributed by atoms with Crippen molar-refractivity contribution < 1.29 is 27.8 Å². The molecule has 8 heteroatoms. The van der Waals surface area contributed by atoms with Gasteiger partial charge in [0.25, 0.3) is 0 Å². The second-order valence-corrected chi connectivity index (χ2v) is 7.87. The van der Waals surface area contributed by atoms with Crippen molar-refractivity contribution in [1.82, 2.24) is 4.98 Å². The molecular formula is C21H25F3N2O3. The first kappa shape index (κ1) is 22.7. The molecule has 0 fully saturated rings. The van der Waals surface area contributed by atoms with Crippen molar-refractivity contribution in [3.8, 4) is 16.9 Å². The average molecular weight is 410 g/mol. The van der Waals surface area contributed by atoms with Gasteiger partial charge < -0.3 is 15.6 Å². The monoisotopic (exact) mass is 410 g/mol. The van der Waals surface area contributed by atoms with Crippen LogP contribution in [0.25, 0.3) is 11.1 Å². The molecule has 3 N–H and O–H groups in total. The number of nitrogens with two attached hydrogens (primary N) is 1. The number of carboxylic acid groups (broad SMARTS) is 1. The van der Waals surface area contributed by atoms with Gasteiger partial charge in [-0.15, -0.1) is 0 Å². The molecule has 1 aromatic carbocycles. The van der Waals surface area contributed by atoms with Gasteiger partial charge in [0.15, 0.2) is 0 Å². The molecule has 0 aliphatic carbocycles. The summed E-state index contributed by atoms with van der Waals surface area (Å²) in [6.07, 6.45) is -2.73. The average Bonchev–Trinajstić information content (AvgIpc) is 2.57. The Balaban J connectivity index is 2.47. The third-order valence-corrected chi connectivity index (χ3v) is 4.38. The number of rotatable bonds is 7. The SMILES string of the molecule is Cc1nccc(-c2ccc(OCC(C)(N)CC(C)C)c(C(F)(F)F)c2)c1C(=O)O. The lowest BCUT2D eigenvalue weighted by molar-refractivity contribution is -0.139. The molecule has 0 aliphatic rings. The van der Waals surface area contributed by atoms with Gasteiger partial charge >= 0.3 is 12.1 Å². The minimum absolute atomic E-state index is 0.0810. The Labute approximate surface area is 167 Å². The van der Waals surface area contributed by atoms with Crippen LogP contribution < -0.4 is 10.5 Å². The van der Waals surface area contributed by atoms with Gasteiger partial charge in [0.1, 0.15) is 12.4 Å². The van der Waals surface area contributed by atoms with Gasteiger partial charge in [-0.25, -0.2) is 4.79 Å². The number of ether oxygens (including phenoxy) is 1. The Morgan fingerprint density at radius 3 is 2.48 bits per heavy atom. The number of nitrogens with zero attached hydrogens (tertiary/aromatic N) is 1. The summed E-state index contributed by atoms with van der Waals surface area (Å²) in [5, 5.41) is 9.44. The lowest BCUT2D eigenvalue weighted by Gasteiger charge is -2.27. The summed E-state index contributed by atoms with van der Waals surface area (Å²) < 4.78 is 46.5. The Morgan fingerprint density at radius 2 is 1.93 bits per heavy atom. The fourth-order valence-corrected chi connectivity index (χ4v) is 3.36. The lowest BCUT2D eigenvalue weighted by atomic mass is 9.92. The molecule has 0 aliphatic heterocycles. The number of halogens is 3. The largest absolute Gasteiger partial charge is 0.491 e. The van der Waals surface area contributed by atoms with Crippen LogP contribution in [0.2, 0.25) is 0 Å². The van der Waals surface area contributed by atoms with E-state index in [1.165, 1.54) is 31.3 Å². The van der Waals surface area contributed by atoms with E-state index in [4.69, 9.17) is 10.5 Å². The van der Waals surface area contributed by atoms with Gasteiger partial charge in [0, 0.05) is 11.7 Å². The summed E-state index contributed by atoms with van der Waals surface area (Å²) >= 11 is 0. The fourth-order valence-electron chi connectivity index (χ4n) is 3.36. The van der Waals surface area contributed by atoms with Crippen LogP contribution in [0.4, 0.5) is 13.2 Å². The predicted octanol–water partition coefficient (Wildman–Crippen LogP) is 4.92. The molecule has 1 unspecified atom stereocenters. The first-order valence-corrected chi connectivity index (χ1v) is 9.14. The van der Waals surface area contributed by atoms with Crippen molar-refractivity contribution in [2.75, 3.05) is 6.61 Å². The van der Waals surface area contributed by atoms with Crippen LogP contribution in [0.5, 0.6) is 5.75 Å². The van der Waals surface area contributed by atoms with Crippen molar-refractivity contribution >= 4 is 5.97 Å². The Bertz CT molecular complexity index is 893. The first-order valence-electron chi connectivity index (χ1n) is 9.14. The molecule has 158 valence electrons. The number of aromatic carboxylic acids is 1.